The van der Waals surface area contributed by atoms with E-state index in [0.717, 1.165) is 6.42 Å². The predicted octanol–water partition coefficient (Wildman–Crippen LogP) is 2.06. The summed E-state index contributed by atoms with van der Waals surface area (Å²) in [4.78, 5) is 14.1. The van der Waals surface area contributed by atoms with Crippen LogP contribution in [0, 0.1) is 0 Å². The maximum atomic E-state index is 12.3. The van der Waals surface area contributed by atoms with Crippen molar-refractivity contribution in [2.75, 3.05) is 26.3 Å². The molecule has 0 bridgehead atoms. The standard InChI is InChI=1S/C16H28N2O3/c1-13(19)11-15-12-21-10-9-18(15)16(20)17-8-7-14-5-3-2-4-6-14/h5,13,15,19H,2-4,6-12H2,1H3,(H,17,20). The lowest BCUT2D eigenvalue weighted by Crippen LogP contribution is -2.53. The molecule has 2 aliphatic rings. The second-order valence-corrected chi connectivity index (χ2v) is 6.10. The number of allylic oxidation sites excluding steroid dienone is 1. The van der Waals surface area contributed by atoms with Gasteiger partial charge in [-0.3, -0.25) is 0 Å². The fraction of sp³-hybridized carbons (Fsp3) is 0.812. The SMILES string of the molecule is CC(O)CC1COCCN1C(=O)NCCC1=CCCCC1. The van der Waals surface area contributed by atoms with E-state index in [1.54, 1.807) is 6.92 Å². The molecular weight excluding hydrogens is 268 g/mol. The number of nitrogens with one attached hydrogen (secondary N) is 1. The summed E-state index contributed by atoms with van der Waals surface area (Å²) in [5, 5.41) is 12.5. The molecule has 2 amide bonds. The van der Waals surface area contributed by atoms with E-state index < -0.39 is 6.10 Å². The summed E-state index contributed by atoms with van der Waals surface area (Å²) >= 11 is 0. The summed E-state index contributed by atoms with van der Waals surface area (Å²) in [7, 11) is 0. The van der Waals surface area contributed by atoms with Crippen LogP contribution in [0.1, 0.15) is 45.4 Å². The normalized spacial score (nSPS) is 24.4. The summed E-state index contributed by atoms with van der Waals surface area (Å²) in [6, 6.07) is -0.0481. The third-order valence-corrected chi connectivity index (χ3v) is 4.21. The zero-order chi connectivity index (χ0) is 15.1. The number of aliphatic hydroxyl groups is 1. The summed E-state index contributed by atoms with van der Waals surface area (Å²) in [5.41, 5.74) is 1.48. The number of amides is 2. The maximum Gasteiger partial charge on any atom is 0.317 e. The van der Waals surface area contributed by atoms with Gasteiger partial charge in [-0.1, -0.05) is 11.6 Å². The van der Waals surface area contributed by atoms with Crippen molar-refractivity contribution in [3.05, 3.63) is 11.6 Å². The minimum absolute atomic E-state index is 0.0207. The molecule has 0 aromatic heterocycles. The van der Waals surface area contributed by atoms with Gasteiger partial charge in [0.05, 0.1) is 25.4 Å². The highest BCUT2D eigenvalue weighted by molar-refractivity contribution is 5.74. The molecule has 0 aromatic carbocycles. The summed E-state index contributed by atoms with van der Waals surface area (Å²) < 4.78 is 5.42. The molecule has 1 aliphatic carbocycles. The van der Waals surface area contributed by atoms with E-state index in [2.05, 4.69) is 11.4 Å². The van der Waals surface area contributed by atoms with Crippen molar-refractivity contribution >= 4 is 6.03 Å². The molecule has 21 heavy (non-hydrogen) atoms. The lowest BCUT2D eigenvalue weighted by Gasteiger charge is -2.36. The van der Waals surface area contributed by atoms with Gasteiger partial charge in [-0.15, -0.1) is 0 Å². The number of urea groups is 1. The largest absolute Gasteiger partial charge is 0.393 e. The number of hydrogen-bond donors (Lipinski definition) is 2. The zero-order valence-corrected chi connectivity index (χ0v) is 13.0. The van der Waals surface area contributed by atoms with Crippen LogP contribution in [-0.2, 0) is 4.74 Å². The molecule has 5 heteroatoms. The van der Waals surface area contributed by atoms with E-state index in [-0.39, 0.29) is 12.1 Å². The Morgan fingerprint density at radius 3 is 3.14 bits per heavy atom. The number of ether oxygens (including phenoxy) is 1. The van der Waals surface area contributed by atoms with Crippen molar-refractivity contribution in [3.8, 4) is 0 Å². The first kappa shape index (κ1) is 16.3. The van der Waals surface area contributed by atoms with Gasteiger partial charge in [0.25, 0.3) is 0 Å². The van der Waals surface area contributed by atoms with Gasteiger partial charge >= 0.3 is 6.03 Å². The van der Waals surface area contributed by atoms with E-state index in [1.165, 1.54) is 31.3 Å². The molecule has 1 fully saturated rings. The van der Waals surface area contributed by atoms with Crippen LogP contribution in [-0.4, -0.2) is 54.5 Å². The second kappa shape index (κ2) is 8.39. The molecule has 5 nitrogen and oxygen atoms in total. The Bertz CT molecular complexity index is 369. The van der Waals surface area contributed by atoms with E-state index >= 15 is 0 Å². The fourth-order valence-electron chi connectivity index (χ4n) is 3.07. The molecule has 0 spiro atoms. The Hall–Kier alpha value is -1.07. The van der Waals surface area contributed by atoms with Crippen molar-refractivity contribution in [1.29, 1.82) is 0 Å². The highest BCUT2D eigenvalue weighted by Gasteiger charge is 2.28. The van der Waals surface area contributed by atoms with Crippen LogP contribution >= 0.6 is 0 Å². The number of nitrogens with zero attached hydrogens (tertiary/aromatic N) is 1. The van der Waals surface area contributed by atoms with Crippen molar-refractivity contribution in [2.45, 2.75) is 57.6 Å². The highest BCUT2D eigenvalue weighted by atomic mass is 16.5. The minimum Gasteiger partial charge on any atom is -0.393 e. The fourth-order valence-corrected chi connectivity index (χ4v) is 3.07. The molecule has 0 aromatic rings. The first-order valence-corrected chi connectivity index (χ1v) is 8.15. The van der Waals surface area contributed by atoms with E-state index in [9.17, 15) is 9.90 Å². The average molecular weight is 296 g/mol. The highest BCUT2D eigenvalue weighted by Crippen LogP contribution is 2.19. The van der Waals surface area contributed by atoms with Gasteiger partial charge in [0.1, 0.15) is 0 Å². The first-order valence-electron chi connectivity index (χ1n) is 8.15. The van der Waals surface area contributed by atoms with Crippen LogP contribution in [0.15, 0.2) is 11.6 Å². The smallest absolute Gasteiger partial charge is 0.317 e. The van der Waals surface area contributed by atoms with Crippen LogP contribution in [0.25, 0.3) is 0 Å². The molecule has 1 heterocycles. The van der Waals surface area contributed by atoms with Crippen LogP contribution in [0.4, 0.5) is 4.79 Å². The predicted molar refractivity (Wildman–Crippen MR) is 82.2 cm³/mol. The third kappa shape index (κ3) is 5.32. The van der Waals surface area contributed by atoms with Gasteiger partial charge in [-0.2, -0.15) is 0 Å². The van der Waals surface area contributed by atoms with E-state index in [0.29, 0.717) is 32.7 Å². The molecule has 2 N–H and O–H groups in total. The Labute approximate surface area is 127 Å². The summed E-state index contributed by atoms with van der Waals surface area (Å²) in [5.74, 6) is 0. The quantitative estimate of drug-likeness (QED) is 0.763. The molecule has 2 unspecified atom stereocenters. The summed E-state index contributed by atoms with van der Waals surface area (Å²) in [6.07, 6.45) is 8.36. The molecular formula is C16H28N2O3. The Kier molecular flexibility index (Phi) is 6.51. The molecule has 120 valence electrons. The molecule has 2 rings (SSSR count). The first-order chi connectivity index (χ1) is 10.2. The minimum atomic E-state index is -0.417. The van der Waals surface area contributed by atoms with Crippen molar-refractivity contribution in [1.82, 2.24) is 10.2 Å². The summed E-state index contributed by atoms with van der Waals surface area (Å²) in [6.45, 7) is 4.15. The molecule has 1 saturated heterocycles. The second-order valence-electron chi connectivity index (χ2n) is 6.10. The van der Waals surface area contributed by atoms with E-state index in [4.69, 9.17) is 4.74 Å². The monoisotopic (exact) mass is 296 g/mol. The van der Waals surface area contributed by atoms with Crippen molar-refractivity contribution < 1.29 is 14.6 Å². The lowest BCUT2D eigenvalue weighted by molar-refractivity contribution is -0.00425. The average Bonchev–Trinajstić information content (AvgIpc) is 2.48. The number of hydrogen-bond acceptors (Lipinski definition) is 3. The van der Waals surface area contributed by atoms with Crippen molar-refractivity contribution in [2.24, 2.45) is 0 Å². The number of carbonyl (C=O) groups excluding carboxylic acids is 1. The number of carbonyl (C=O) groups is 1. The lowest BCUT2D eigenvalue weighted by atomic mass is 9.97. The third-order valence-electron chi connectivity index (χ3n) is 4.21. The van der Waals surface area contributed by atoms with E-state index in [1.807, 2.05) is 4.90 Å². The zero-order valence-electron chi connectivity index (χ0n) is 13.0. The molecule has 2 atom stereocenters. The molecule has 0 radical (unpaired) electrons. The van der Waals surface area contributed by atoms with Crippen LogP contribution < -0.4 is 5.32 Å². The Balaban J connectivity index is 1.76. The van der Waals surface area contributed by atoms with Crippen LogP contribution in [0.3, 0.4) is 0 Å². The number of rotatable bonds is 5. The van der Waals surface area contributed by atoms with Gasteiger partial charge < -0.3 is 20.1 Å². The van der Waals surface area contributed by atoms with Crippen LogP contribution in [0.5, 0.6) is 0 Å². The maximum absolute atomic E-state index is 12.3. The van der Waals surface area contributed by atoms with Crippen molar-refractivity contribution in [3.63, 3.8) is 0 Å². The Morgan fingerprint density at radius 2 is 2.43 bits per heavy atom. The van der Waals surface area contributed by atoms with Gasteiger partial charge in [-0.05, 0) is 45.4 Å². The number of morpholine rings is 1. The van der Waals surface area contributed by atoms with Gasteiger partial charge in [0, 0.05) is 13.1 Å². The van der Waals surface area contributed by atoms with Gasteiger partial charge in [0.15, 0.2) is 0 Å². The number of aliphatic hydroxyl groups excluding tert-OH is 1. The topological polar surface area (TPSA) is 61.8 Å². The van der Waals surface area contributed by atoms with Gasteiger partial charge in [0.2, 0.25) is 0 Å². The molecule has 1 aliphatic heterocycles. The molecule has 0 saturated carbocycles. The van der Waals surface area contributed by atoms with Crippen LogP contribution in [0.2, 0.25) is 0 Å². The Morgan fingerprint density at radius 1 is 1.57 bits per heavy atom. The van der Waals surface area contributed by atoms with Gasteiger partial charge in [-0.25, -0.2) is 4.79 Å².